The molecule has 0 unspecified atom stereocenters. The SMILES string of the molecule is CC(=O)N[C@@H](Cc1ccccc1)C(=O)/C(C#N)=C\c1ccc([N+](=O)[O-])cc1. The van der Waals surface area contributed by atoms with Crippen LogP contribution in [-0.2, 0) is 16.0 Å². The fourth-order valence-electron chi connectivity index (χ4n) is 2.51. The number of benzene rings is 2. The lowest BCUT2D eigenvalue weighted by atomic mass is 9.96. The molecule has 0 aliphatic carbocycles. The van der Waals surface area contributed by atoms with Crippen LogP contribution in [0.1, 0.15) is 18.1 Å². The van der Waals surface area contributed by atoms with Gasteiger partial charge < -0.3 is 5.32 Å². The van der Waals surface area contributed by atoms with Crippen molar-refractivity contribution in [3.8, 4) is 6.07 Å². The second-order valence-corrected chi connectivity index (χ2v) is 5.83. The van der Waals surface area contributed by atoms with Gasteiger partial charge in [0.25, 0.3) is 5.69 Å². The van der Waals surface area contributed by atoms with E-state index in [0.29, 0.717) is 5.56 Å². The number of amides is 1. The molecule has 27 heavy (non-hydrogen) atoms. The standard InChI is InChI=1S/C20H17N3O4/c1-14(24)22-19(12-15-5-3-2-4-6-15)20(25)17(13-21)11-16-7-9-18(10-8-16)23(26)27/h2-11,19H,12H2,1H3,(H,22,24)/b17-11-/t19-/m0/s1. The molecule has 7 heteroatoms. The minimum atomic E-state index is -0.881. The number of nitro benzene ring substituents is 1. The smallest absolute Gasteiger partial charge is 0.269 e. The molecule has 1 amide bonds. The molecule has 0 spiro atoms. The van der Waals surface area contributed by atoms with Gasteiger partial charge in [-0.2, -0.15) is 5.26 Å². The van der Waals surface area contributed by atoms with Crippen LogP contribution in [0.4, 0.5) is 5.69 Å². The molecule has 7 nitrogen and oxygen atoms in total. The van der Waals surface area contributed by atoms with Gasteiger partial charge in [0.2, 0.25) is 5.91 Å². The zero-order valence-electron chi connectivity index (χ0n) is 14.6. The van der Waals surface area contributed by atoms with Crippen LogP contribution in [0.25, 0.3) is 6.08 Å². The van der Waals surface area contributed by atoms with E-state index in [9.17, 15) is 25.0 Å². The molecule has 0 saturated carbocycles. The van der Waals surface area contributed by atoms with Gasteiger partial charge in [0.05, 0.1) is 16.5 Å². The Kier molecular flexibility index (Phi) is 6.55. The first-order valence-electron chi connectivity index (χ1n) is 8.12. The number of nitrogens with zero attached hydrogens (tertiary/aromatic N) is 2. The van der Waals surface area contributed by atoms with Crippen LogP contribution >= 0.6 is 0 Å². The van der Waals surface area contributed by atoms with Gasteiger partial charge >= 0.3 is 0 Å². The fourth-order valence-corrected chi connectivity index (χ4v) is 2.51. The van der Waals surface area contributed by atoms with Gasteiger partial charge in [-0.15, -0.1) is 0 Å². The second-order valence-electron chi connectivity index (χ2n) is 5.83. The number of ketones is 1. The number of carbonyl (C=O) groups is 2. The van der Waals surface area contributed by atoms with Gasteiger partial charge in [-0.25, -0.2) is 0 Å². The minimum absolute atomic E-state index is 0.0859. The average Bonchev–Trinajstić information content (AvgIpc) is 2.66. The zero-order valence-corrected chi connectivity index (χ0v) is 14.6. The summed E-state index contributed by atoms with van der Waals surface area (Å²) in [7, 11) is 0. The number of hydrogen-bond donors (Lipinski definition) is 1. The molecule has 0 heterocycles. The Labute approximate surface area is 156 Å². The summed E-state index contributed by atoms with van der Waals surface area (Å²) in [5, 5.41) is 22.7. The van der Waals surface area contributed by atoms with Crippen molar-refractivity contribution >= 4 is 23.5 Å². The van der Waals surface area contributed by atoms with Gasteiger partial charge in [-0.05, 0) is 29.3 Å². The normalized spacial score (nSPS) is 11.9. The Morgan fingerprint density at radius 3 is 2.33 bits per heavy atom. The summed E-state index contributed by atoms with van der Waals surface area (Å²) in [6.45, 7) is 1.30. The fraction of sp³-hybridized carbons (Fsp3) is 0.150. The van der Waals surface area contributed by atoms with Crippen molar-refractivity contribution in [2.45, 2.75) is 19.4 Å². The molecular formula is C20H17N3O4. The van der Waals surface area contributed by atoms with Gasteiger partial charge in [0.15, 0.2) is 5.78 Å². The first kappa shape index (κ1) is 19.5. The monoisotopic (exact) mass is 363 g/mol. The van der Waals surface area contributed by atoms with Crippen molar-refractivity contribution in [3.05, 3.63) is 81.4 Å². The van der Waals surface area contributed by atoms with Crippen molar-refractivity contribution in [1.82, 2.24) is 5.32 Å². The molecule has 1 N–H and O–H groups in total. The van der Waals surface area contributed by atoms with Crippen molar-refractivity contribution in [2.24, 2.45) is 0 Å². The van der Waals surface area contributed by atoms with Crippen LogP contribution in [0.2, 0.25) is 0 Å². The summed E-state index contributed by atoms with van der Waals surface area (Å²) >= 11 is 0. The number of nitro groups is 1. The van der Waals surface area contributed by atoms with Crippen LogP contribution in [0.3, 0.4) is 0 Å². The highest BCUT2D eigenvalue weighted by Gasteiger charge is 2.23. The van der Waals surface area contributed by atoms with Crippen molar-refractivity contribution < 1.29 is 14.5 Å². The second kappa shape index (κ2) is 9.06. The molecule has 2 rings (SSSR count). The van der Waals surface area contributed by atoms with E-state index in [1.165, 1.54) is 37.3 Å². The van der Waals surface area contributed by atoms with Gasteiger partial charge in [0, 0.05) is 25.5 Å². The van der Waals surface area contributed by atoms with Crippen molar-refractivity contribution in [2.75, 3.05) is 0 Å². The minimum Gasteiger partial charge on any atom is -0.346 e. The molecule has 0 saturated heterocycles. The maximum atomic E-state index is 12.8. The molecule has 0 bridgehead atoms. The van der Waals surface area contributed by atoms with E-state index in [1.807, 2.05) is 36.4 Å². The van der Waals surface area contributed by atoms with E-state index in [4.69, 9.17) is 0 Å². The topological polar surface area (TPSA) is 113 Å². The molecule has 0 fully saturated rings. The molecule has 0 radical (unpaired) electrons. The van der Waals surface area contributed by atoms with E-state index < -0.39 is 16.7 Å². The summed E-state index contributed by atoms with van der Waals surface area (Å²) in [4.78, 5) is 34.4. The molecule has 0 aliphatic rings. The summed E-state index contributed by atoms with van der Waals surface area (Å²) in [6.07, 6.45) is 1.60. The third-order valence-electron chi connectivity index (χ3n) is 3.78. The van der Waals surface area contributed by atoms with Crippen LogP contribution in [0.5, 0.6) is 0 Å². The van der Waals surface area contributed by atoms with Crippen molar-refractivity contribution in [3.63, 3.8) is 0 Å². The van der Waals surface area contributed by atoms with E-state index >= 15 is 0 Å². The first-order valence-corrected chi connectivity index (χ1v) is 8.12. The van der Waals surface area contributed by atoms with E-state index in [-0.39, 0.29) is 23.6 Å². The lowest BCUT2D eigenvalue weighted by Crippen LogP contribution is -2.41. The van der Waals surface area contributed by atoms with Crippen molar-refractivity contribution in [1.29, 1.82) is 5.26 Å². The average molecular weight is 363 g/mol. The maximum absolute atomic E-state index is 12.8. The lowest BCUT2D eigenvalue weighted by molar-refractivity contribution is -0.384. The third-order valence-corrected chi connectivity index (χ3v) is 3.78. The number of nitriles is 1. The summed E-state index contributed by atoms with van der Waals surface area (Å²) in [6, 6.07) is 15.6. The number of carbonyl (C=O) groups excluding carboxylic acids is 2. The summed E-state index contributed by atoms with van der Waals surface area (Å²) in [5.41, 5.74) is 1.10. The molecule has 0 aromatic heterocycles. The predicted octanol–water partition coefficient (Wildman–Crippen LogP) is 2.82. The Bertz CT molecular complexity index is 912. The van der Waals surface area contributed by atoms with Crippen LogP contribution in [0, 0.1) is 21.4 Å². The van der Waals surface area contributed by atoms with E-state index in [2.05, 4.69) is 5.32 Å². The molecule has 136 valence electrons. The Balaban J connectivity index is 2.28. The van der Waals surface area contributed by atoms with Crippen LogP contribution < -0.4 is 5.32 Å². The molecule has 1 atom stereocenters. The highest BCUT2D eigenvalue weighted by molar-refractivity contribution is 6.07. The largest absolute Gasteiger partial charge is 0.346 e. The number of nitrogens with one attached hydrogen (secondary N) is 1. The third kappa shape index (κ3) is 5.61. The maximum Gasteiger partial charge on any atom is 0.269 e. The predicted molar refractivity (Wildman–Crippen MR) is 99.4 cm³/mol. The Hall–Kier alpha value is -3.79. The van der Waals surface area contributed by atoms with Gasteiger partial charge in [0.1, 0.15) is 6.07 Å². The molecule has 2 aromatic carbocycles. The summed E-state index contributed by atoms with van der Waals surface area (Å²) in [5.74, 6) is -0.896. The number of rotatable bonds is 7. The van der Waals surface area contributed by atoms with Gasteiger partial charge in [-0.3, -0.25) is 19.7 Å². The number of Topliss-reactive ketones (excluding diaryl/α,β-unsaturated/α-hetero) is 1. The highest BCUT2D eigenvalue weighted by atomic mass is 16.6. The lowest BCUT2D eigenvalue weighted by Gasteiger charge is -2.16. The quantitative estimate of drug-likeness (QED) is 0.352. The first-order chi connectivity index (χ1) is 12.9. The summed E-state index contributed by atoms with van der Waals surface area (Å²) < 4.78 is 0. The zero-order chi connectivity index (χ0) is 19.8. The van der Waals surface area contributed by atoms with E-state index in [0.717, 1.165) is 5.56 Å². The van der Waals surface area contributed by atoms with Crippen LogP contribution in [0.15, 0.2) is 60.2 Å². The Morgan fingerprint density at radius 1 is 1.19 bits per heavy atom. The Morgan fingerprint density at radius 2 is 1.81 bits per heavy atom. The number of hydrogen-bond acceptors (Lipinski definition) is 5. The number of non-ortho nitro benzene ring substituents is 1. The highest BCUT2D eigenvalue weighted by Crippen LogP contribution is 2.16. The van der Waals surface area contributed by atoms with Gasteiger partial charge in [-0.1, -0.05) is 30.3 Å². The van der Waals surface area contributed by atoms with Crippen LogP contribution in [-0.4, -0.2) is 22.7 Å². The molecule has 0 aliphatic heterocycles. The van der Waals surface area contributed by atoms with E-state index in [1.54, 1.807) is 0 Å². The molecular weight excluding hydrogens is 346 g/mol. The molecule has 2 aromatic rings.